The third kappa shape index (κ3) is 3.29. The number of para-hydroxylation sites is 1. The smallest absolute Gasteiger partial charge is 0.423 e. The van der Waals surface area contributed by atoms with E-state index < -0.39 is 30.2 Å². The van der Waals surface area contributed by atoms with Crippen LogP contribution in [0.2, 0.25) is 0 Å². The van der Waals surface area contributed by atoms with Crippen molar-refractivity contribution in [1.29, 1.82) is 5.26 Å². The van der Waals surface area contributed by atoms with Crippen molar-refractivity contribution in [1.82, 2.24) is 9.55 Å². The molecule has 1 aliphatic rings. The molecule has 0 spiro atoms. The molecule has 0 unspecified atom stereocenters. The fourth-order valence-electron chi connectivity index (χ4n) is 3.51. The van der Waals surface area contributed by atoms with Crippen molar-refractivity contribution in [3.8, 4) is 11.8 Å². The van der Waals surface area contributed by atoms with E-state index in [1.54, 1.807) is 6.07 Å². The van der Waals surface area contributed by atoms with Crippen molar-refractivity contribution in [3.05, 3.63) is 63.6 Å². The number of nitrogens with zero attached hydrogens (tertiary/aromatic N) is 4. The lowest BCUT2D eigenvalue weighted by Gasteiger charge is -2.34. The summed E-state index contributed by atoms with van der Waals surface area (Å²) < 4.78 is 34.6. The van der Waals surface area contributed by atoms with Crippen LogP contribution < -0.4 is 15.2 Å². The highest BCUT2D eigenvalue weighted by Crippen LogP contribution is 2.43. The van der Waals surface area contributed by atoms with E-state index in [2.05, 4.69) is 9.72 Å². The van der Waals surface area contributed by atoms with Crippen LogP contribution in [0.3, 0.4) is 0 Å². The fourth-order valence-corrected chi connectivity index (χ4v) is 3.51. The van der Waals surface area contributed by atoms with Crippen molar-refractivity contribution < 1.29 is 23.4 Å². The number of amides is 1. The number of hydrogen-bond donors (Lipinski definition) is 1. The highest BCUT2D eigenvalue weighted by atomic mass is 19.3. The molecule has 31 heavy (non-hydrogen) atoms. The molecule has 10 heteroatoms. The Labute approximate surface area is 174 Å². The van der Waals surface area contributed by atoms with E-state index in [4.69, 9.17) is 5.26 Å². The topological polar surface area (TPSA) is 108 Å². The Morgan fingerprint density at radius 2 is 2.03 bits per heavy atom. The average molecular weight is 426 g/mol. The zero-order valence-corrected chi connectivity index (χ0v) is 16.5. The maximum atomic E-state index is 14.4. The van der Waals surface area contributed by atoms with Gasteiger partial charge in [0.05, 0.1) is 41.0 Å². The van der Waals surface area contributed by atoms with Crippen LogP contribution >= 0.6 is 0 Å². The normalized spacial score (nSPS) is 15.9. The maximum absolute atomic E-state index is 14.4. The van der Waals surface area contributed by atoms with Crippen LogP contribution in [0.4, 0.5) is 14.5 Å². The van der Waals surface area contributed by atoms with Gasteiger partial charge >= 0.3 is 12.0 Å². The quantitative estimate of drug-likeness (QED) is 0.689. The predicted molar refractivity (Wildman–Crippen MR) is 106 cm³/mol. The summed E-state index contributed by atoms with van der Waals surface area (Å²) in [6.45, 7) is 0.832. The Bertz CT molecular complexity index is 1330. The predicted octanol–water partition coefficient (Wildman–Crippen LogP) is 2.38. The van der Waals surface area contributed by atoms with Crippen molar-refractivity contribution in [2.24, 2.45) is 7.05 Å². The number of aliphatic hydroxyl groups is 1. The molecule has 0 radical (unpaired) electrons. The summed E-state index contributed by atoms with van der Waals surface area (Å²) >= 11 is 0. The van der Waals surface area contributed by atoms with Crippen LogP contribution in [0.5, 0.6) is 5.75 Å². The molecule has 0 aliphatic carbocycles. The summed E-state index contributed by atoms with van der Waals surface area (Å²) in [7, 11) is 1.48. The number of carbonyl (C=O) groups is 1. The number of alkyl halides is 2. The van der Waals surface area contributed by atoms with Gasteiger partial charge in [-0.05, 0) is 31.2 Å². The van der Waals surface area contributed by atoms with E-state index in [1.165, 1.54) is 48.9 Å². The molecule has 158 valence electrons. The van der Waals surface area contributed by atoms with Crippen molar-refractivity contribution in [2.75, 3.05) is 4.90 Å². The van der Waals surface area contributed by atoms with Crippen molar-refractivity contribution in [3.63, 3.8) is 0 Å². The number of fused-ring (bicyclic) bond motifs is 2. The Kier molecular flexibility index (Phi) is 4.71. The standard InChI is InChI=1S/C21H16F2N4O4/c1-11(28)13-4-3-5-17-18(13)31-21(22,23)20(30)27(17)10-15-19(29)26(2)16-7-6-12(9-24)8-14(16)25-15/h3-8,11,28H,10H2,1-2H3/t11-/m0/s1. The van der Waals surface area contributed by atoms with Crippen molar-refractivity contribution in [2.45, 2.75) is 25.7 Å². The number of benzene rings is 2. The SMILES string of the molecule is C[C@H](O)c1cccc2c1OC(F)(F)C(=O)N2Cc1nc2cc(C#N)ccc2n(C)c1=O. The highest BCUT2D eigenvalue weighted by molar-refractivity contribution is 6.01. The molecule has 1 amide bonds. The maximum Gasteiger partial charge on any atom is 0.483 e. The number of aryl methyl sites for hydroxylation is 1. The molecule has 1 atom stereocenters. The monoisotopic (exact) mass is 426 g/mol. The van der Waals surface area contributed by atoms with Gasteiger partial charge in [-0.25, -0.2) is 4.98 Å². The van der Waals surface area contributed by atoms with Gasteiger partial charge in [-0.3, -0.25) is 14.5 Å². The molecule has 2 heterocycles. The van der Waals surface area contributed by atoms with E-state index in [1.807, 2.05) is 6.07 Å². The number of aromatic nitrogens is 2. The van der Waals surface area contributed by atoms with Gasteiger partial charge < -0.3 is 14.4 Å². The van der Waals surface area contributed by atoms with Crippen LogP contribution in [-0.4, -0.2) is 26.7 Å². The molecule has 1 aromatic heterocycles. The number of hydrogen-bond acceptors (Lipinski definition) is 6. The first-order chi connectivity index (χ1) is 14.6. The summed E-state index contributed by atoms with van der Waals surface area (Å²) in [5, 5.41) is 19.0. The third-order valence-electron chi connectivity index (χ3n) is 5.07. The van der Waals surface area contributed by atoms with Gasteiger partial charge in [-0.1, -0.05) is 12.1 Å². The molecule has 0 fully saturated rings. The van der Waals surface area contributed by atoms with Gasteiger partial charge in [0.15, 0.2) is 5.75 Å². The van der Waals surface area contributed by atoms with Gasteiger partial charge in [0.2, 0.25) is 0 Å². The molecular weight excluding hydrogens is 410 g/mol. The van der Waals surface area contributed by atoms with E-state index in [0.29, 0.717) is 21.5 Å². The summed E-state index contributed by atoms with van der Waals surface area (Å²) in [6, 6.07) is 10.8. The highest BCUT2D eigenvalue weighted by Gasteiger charge is 2.51. The lowest BCUT2D eigenvalue weighted by molar-refractivity contribution is -0.193. The van der Waals surface area contributed by atoms with Crippen LogP contribution in [-0.2, 0) is 18.4 Å². The minimum absolute atomic E-state index is 0.0101. The first-order valence-corrected chi connectivity index (χ1v) is 9.23. The van der Waals surface area contributed by atoms with Crippen LogP contribution in [0, 0.1) is 11.3 Å². The van der Waals surface area contributed by atoms with Gasteiger partial charge in [-0.2, -0.15) is 14.0 Å². The second kappa shape index (κ2) is 7.14. The van der Waals surface area contributed by atoms with Gasteiger partial charge in [0.25, 0.3) is 5.56 Å². The van der Waals surface area contributed by atoms with Crippen LogP contribution in [0.1, 0.15) is 29.8 Å². The number of carbonyl (C=O) groups excluding carboxylic acids is 1. The Morgan fingerprint density at radius 3 is 2.71 bits per heavy atom. The second-order valence-corrected chi connectivity index (χ2v) is 7.12. The third-order valence-corrected chi connectivity index (χ3v) is 5.07. The minimum atomic E-state index is -4.19. The van der Waals surface area contributed by atoms with E-state index in [0.717, 1.165) is 0 Å². The van der Waals surface area contributed by atoms with Gasteiger partial charge in [-0.15, -0.1) is 0 Å². The van der Waals surface area contributed by atoms with Gasteiger partial charge in [0.1, 0.15) is 5.69 Å². The number of rotatable bonds is 3. The van der Waals surface area contributed by atoms with Gasteiger partial charge in [0, 0.05) is 12.6 Å². The number of halogens is 2. The molecule has 3 aromatic rings. The molecule has 0 saturated carbocycles. The van der Waals surface area contributed by atoms with E-state index in [9.17, 15) is 23.5 Å². The molecule has 0 saturated heterocycles. The minimum Gasteiger partial charge on any atom is -0.423 e. The number of nitriles is 1. The largest absolute Gasteiger partial charge is 0.483 e. The lowest BCUT2D eigenvalue weighted by atomic mass is 10.1. The van der Waals surface area contributed by atoms with E-state index >= 15 is 0 Å². The number of ether oxygens (including phenoxy) is 1. The Hall–Kier alpha value is -3.84. The summed E-state index contributed by atoms with van der Waals surface area (Å²) in [5.41, 5.74) is 0.393. The zero-order valence-electron chi connectivity index (χ0n) is 16.5. The lowest BCUT2D eigenvalue weighted by Crippen LogP contribution is -2.51. The number of aliphatic hydroxyl groups excluding tert-OH is 1. The Morgan fingerprint density at radius 1 is 1.29 bits per heavy atom. The average Bonchev–Trinajstić information content (AvgIpc) is 2.73. The molecule has 1 N–H and O–H groups in total. The van der Waals surface area contributed by atoms with Crippen LogP contribution in [0.25, 0.3) is 11.0 Å². The van der Waals surface area contributed by atoms with Crippen LogP contribution in [0.15, 0.2) is 41.2 Å². The molecule has 0 bridgehead atoms. The molecular formula is C21H16F2N4O4. The van der Waals surface area contributed by atoms with E-state index in [-0.39, 0.29) is 22.7 Å². The first-order valence-electron chi connectivity index (χ1n) is 9.23. The Balaban J connectivity index is 1.88. The molecule has 4 rings (SSSR count). The number of anilines is 1. The summed E-state index contributed by atoms with van der Waals surface area (Å²) in [6.07, 6.45) is -5.31. The molecule has 1 aliphatic heterocycles. The summed E-state index contributed by atoms with van der Waals surface area (Å²) in [4.78, 5) is 30.2. The molecule has 8 nitrogen and oxygen atoms in total. The zero-order chi connectivity index (χ0) is 22.5. The second-order valence-electron chi connectivity index (χ2n) is 7.12. The summed E-state index contributed by atoms with van der Waals surface area (Å²) in [5.74, 6) is -2.00. The first kappa shape index (κ1) is 20.4. The molecule has 2 aromatic carbocycles. The van der Waals surface area contributed by atoms with Crippen molar-refractivity contribution >= 4 is 22.6 Å². The fraction of sp³-hybridized carbons (Fsp3) is 0.238.